The van der Waals surface area contributed by atoms with Crippen molar-refractivity contribution in [2.45, 2.75) is 22.8 Å². The second-order valence-electron chi connectivity index (χ2n) is 6.23. The van der Waals surface area contributed by atoms with Crippen LogP contribution in [0, 0.1) is 0 Å². The Kier molecular flexibility index (Phi) is 4.04. The molecule has 0 unspecified atom stereocenters. The number of anilines is 2. The van der Waals surface area contributed by atoms with Crippen LogP contribution in [0.4, 0.5) is 11.6 Å². The third-order valence-corrected chi connectivity index (χ3v) is 6.25. The first-order chi connectivity index (χ1) is 12.5. The van der Waals surface area contributed by atoms with Crippen LogP contribution in [0.1, 0.15) is 6.92 Å². The number of sulfone groups is 1. The van der Waals surface area contributed by atoms with Crippen molar-refractivity contribution < 1.29 is 13.2 Å². The van der Waals surface area contributed by atoms with Crippen LogP contribution in [0.25, 0.3) is 11.0 Å². The molecule has 0 bridgehead atoms. The molecule has 0 spiro atoms. The normalized spacial score (nSPS) is 18.3. The molecule has 8 nitrogen and oxygen atoms in total. The summed E-state index contributed by atoms with van der Waals surface area (Å²) >= 11 is 0. The highest BCUT2D eigenvalue weighted by atomic mass is 32.2. The van der Waals surface area contributed by atoms with Crippen molar-refractivity contribution in [1.82, 2.24) is 15.0 Å². The number of ether oxygens (including phenoxy) is 1. The van der Waals surface area contributed by atoms with E-state index in [2.05, 4.69) is 15.0 Å². The minimum atomic E-state index is -3.80. The number of hydrogen-bond donors (Lipinski definition) is 2. The maximum Gasteiger partial charge on any atom is 0.212 e. The van der Waals surface area contributed by atoms with Gasteiger partial charge in [0.05, 0.1) is 17.6 Å². The van der Waals surface area contributed by atoms with Crippen LogP contribution in [0.15, 0.2) is 46.5 Å². The fourth-order valence-electron chi connectivity index (χ4n) is 3.22. The molecule has 0 amide bonds. The van der Waals surface area contributed by atoms with Gasteiger partial charge in [0.1, 0.15) is 28.1 Å². The van der Waals surface area contributed by atoms with Gasteiger partial charge in [0.25, 0.3) is 0 Å². The van der Waals surface area contributed by atoms with Crippen molar-refractivity contribution >= 4 is 32.5 Å². The Bertz CT molecular complexity index is 1050. The van der Waals surface area contributed by atoms with E-state index in [4.69, 9.17) is 10.5 Å². The standard InChI is InChI=1S/C17H19N5O3S/c1-11-9-22(7-8-25-11)17-14-13(19-10-20-17)15(16(18)21-14)26(23,24)12-5-3-2-4-6-12/h2-6,10-11,21H,7-9,18H2,1H3/t11-/m0/s1. The van der Waals surface area contributed by atoms with Gasteiger partial charge in [-0.05, 0) is 19.1 Å². The smallest absolute Gasteiger partial charge is 0.212 e. The van der Waals surface area contributed by atoms with E-state index in [0.717, 1.165) is 0 Å². The first kappa shape index (κ1) is 16.8. The van der Waals surface area contributed by atoms with Crippen molar-refractivity contribution in [3.05, 3.63) is 36.7 Å². The van der Waals surface area contributed by atoms with Crippen LogP contribution in [0.5, 0.6) is 0 Å². The Labute approximate surface area is 150 Å². The average Bonchev–Trinajstić information content (AvgIpc) is 2.99. The number of nitrogens with zero attached hydrogens (tertiary/aromatic N) is 3. The summed E-state index contributed by atoms with van der Waals surface area (Å²) in [6.45, 7) is 3.89. The van der Waals surface area contributed by atoms with Crippen LogP contribution >= 0.6 is 0 Å². The largest absolute Gasteiger partial charge is 0.384 e. The first-order valence-electron chi connectivity index (χ1n) is 8.27. The van der Waals surface area contributed by atoms with Gasteiger partial charge in [-0.3, -0.25) is 0 Å². The van der Waals surface area contributed by atoms with E-state index < -0.39 is 9.84 Å². The molecular weight excluding hydrogens is 354 g/mol. The number of benzene rings is 1. The van der Waals surface area contributed by atoms with Gasteiger partial charge in [-0.2, -0.15) is 0 Å². The molecule has 26 heavy (non-hydrogen) atoms. The molecule has 4 rings (SSSR count). The van der Waals surface area contributed by atoms with Crippen molar-refractivity contribution in [1.29, 1.82) is 0 Å². The van der Waals surface area contributed by atoms with E-state index in [-0.39, 0.29) is 21.7 Å². The Morgan fingerprint density at radius 1 is 1.27 bits per heavy atom. The number of nitrogens with two attached hydrogens (primary N) is 1. The van der Waals surface area contributed by atoms with E-state index >= 15 is 0 Å². The van der Waals surface area contributed by atoms with Gasteiger partial charge >= 0.3 is 0 Å². The number of H-pyrrole nitrogens is 1. The van der Waals surface area contributed by atoms with E-state index in [1.165, 1.54) is 6.33 Å². The Hall–Kier alpha value is -2.65. The molecule has 2 aromatic heterocycles. The highest BCUT2D eigenvalue weighted by Gasteiger charge is 2.29. The highest BCUT2D eigenvalue weighted by molar-refractivity contribution is 7.92. The number of morpholine rings is 1. The molecule has 1 saturated heterocycles. The quantitative estimate of drug-likeness (QED) is 0.716. The van der Waals surface area contributed by atoms with Gasteiger partial charge in [0.2, 0.25) is 9.84 Å². The van der Waals surface area contributed by atoms with Crippen molar-refractivity contribution in [3.8, 4) is 0 Å². The third-order valence-electron chi connectivity index (χ3n) is 4.41. The summed E-state index contributed by atoms with van der Waals surface area (Å²) in [6, 6.07) is 8.19. The summed E-state index contributed by atoms with van der Waals surface area (Å²) in [5.74, 6) is 0.693. The second kappa shape index (κ2) is 6.26. The number of aromatic amines is 1. The highest BCUT2D eigenvalue weighted by Crippen LogP contribution is 2.35. The number of aromatic nitrogens is 3. The molecule has 0 radical (unpaired) electrons. The number of nitrogen functional groups attached to an aromatic ring is 1. The molecule has 136 valence electrons. The summed E-state index contributed by atoms with van der Waals surface area (Å²) in [6.07, 6.45) is 1.43. The Morgan fingerprint density at radius 2 is 2.04 bits per heavy atom. The predicted octanol–water partition coefficient (Wildman–Crippen LogP) is 1.60. The summed E-state index contributed by atoms with van der Waals surface area (Å²) < 4.78 is 31.7. The number of hydrogen-bond acceptors (Lipinski definition) is 7. The monoisotopic (exact) mass is 373 g/mol. The molecule has 3 heterocycles. The van der Waals surface area contributed by atoms with E-state index in [1.54, 1.807) is 30.3 Å². The van der Waals surface area contributed by atoms with Gasteiger partial charge in [-0.25, -0.2) is 18.4 Å². The maximum absolute atomic E-state index is 13.1. The molecular formula is C17H19N5O3S. The minimum Gasteiger partial charge on any atom is -0.384 e. The lowest BCUT2D eigenvalue weighted by Crippen LogP contribution is -2.41. The van der Waals surface area contributed by atoms with Gasteiger partial charge in [-0.1, -0.05) is 18.2 Å². The second-order valence-corrected chi connectivity index (χ2v) is 8.12. The molecule has 1 aliphatic rings. The predicted molar refractivity (Wildman–Crippen MR) is 97.8 cm³/mol. The molecule has 1 aliphatic heterocycles. The minimum absolute atomic E-state index is 0.0105. The molecule has 1 aromatic carbocycles. The lowest BCUT2D eigenvalue weighted by atomic mass is 10.3. The lowest BCUT2D eigenvalue weighted by Gasteiger charge is -2.32. The molecule has 9 heteroatoms. The SMILES string of the molecule is C[C@H]1CN(c2ncnc3c(S(=O)(=O)c4ccccc4)c(N)[nH]c23)CCO1. The number of rotatable bonds is 3. The molecule has 3 N–H and O–H groups in total. The van der Waals surface area contributed by atoms with Crippen LogP contribution in [-0.2, 0) is 14.6 Å². The van der Waals surface area contributed by atoms with Crippen LogP contribution in [0.3, 0.4) is 0 Å². The molecule has 0 saturated carbocycles. The number of fused-ring (bicyclic) bond motifs is 1. The molecule has 1 fully saturated rings. The van der Waals surface area contributed by atoms with Gasteiger partial charge in [-0.15, -0.1) is 0 Å². The third kappa shape index (κ3) is 2.69. The van der Waals surface area contributed by atoms with Gasteiger partial charge < -0.3 is 20.4 Å². The lowest BCUT2D eigenvalue weighted by molar-refractivity contribution is 0.0530. The summed E-state index contributed by atoms with van der Waals surface area (Å²) in [7, 11) is -3.80. The van der Waals surface area contributed by atoms with Gasteiger partial charge in [0, 0.05) is 13.1 Å². The number of nitrogens with one attached hydrogen (secondary N) is 1. The van der Waals surface area contributed by atoms with Crippen molar-refractivity contribution in [2.24, 2.45) is 0 Å². The Morgan fingerprint density at radius 3 is 2.77 bits per heavy atom. The van der Waals surface area contributed by atoms with E-state index in [9.17, 15) is 8.42 Å². The Balaban J connectivity index is 1.88. The zero-order valence-electron chi connectivity index (χ0n) is 14.2. The van der Waals surface area contributed by atoms with Crippen molar-refractivity contribution in [3.63, 3.8) is 0 Å². The van der Waals surface area contributed by atoms with Crippen LogP contribution in [0.2, 0.25) is 0 Å². The van der Waals surface area contributed by atoms with Crippen molar-refractivity contribution in [2.75, 3.05) is 30.3 Å². The van der Waals surface area contributed by atoms with Crippen LogP contribution in [-0.4, -0.2) is 49.2 Å². The van der Waals surface area contributed by atoms with Gasteiger partial charge in [0.15, 0.2) is 5.82 Å². The first-order valence-corrected chi connectivity index (χ1v) is 9.75. The zero-order valence-corrected chi connectivity index (χ0v) is 15.0. The van der Waals surface area contributed by atoms with E-state index in [1.807, 2.05) is 11.8 Å². The molecule has 3 aromatic rings. The fourth-order valence-corrected chi connectivity index (χ4v) is 4.72. The van der Waals surface area contributed by atoms with E-state index in [0.29, 0.717) is 36.5 Å². The molecule has 1 atom stereocenters. The van der Waals surface area contributed by atoms with Crippen LogP contribution < -0.4 is 10.6 Å². The summed E-state index contributed by atoms with van der Waals surface area (Å²) in [5, 5.41) is 0. The topological polar surface area (TPSA) is 114 Å². The summed E-state index contributed by atoms with van der Waals surface area (Å²) in [5.41, 5.74) is 6.88. The summed E-state index contributed by atoms with van der Waals surface area (Å²) in [4.78, 5) is 13.7. The molecule has 0 aliphatic carbocycles. The zero-order chi connectivity index (χ0) is 18.3. The fraction of sp³-hybridized carbons (Fsp3) is 0.294. The maximum atomic E-state index is 13.1. The average molecular weight is 373 g/mol.